The monoisotopic (exact) mass is 633 g/mol. The van der Waals surface area contributed by atoms with Gasteiger partial charge >= 0.3 is 0 Å². The van der Waals surface area contributed by atoms with E-state index in [4.69, 9.17) is 63.7 Å². The second-order valence-corrected chi connectivity index (χ2v) is 9.32. The van der Waals surface area contributed by atoms with E-state index in [0.29, 0.717) is 139 Å². The van der Waals surface area contributed by atoms with Crippen molar-refractivity contribution in [1.82, 2.24) is 5.32 Å². The summed E-state index contributed by atoms with van der Waals surface area (Å²) >= 11 is 5.65. The fraction of sp³-hybridized carbons (Fsp3) is 1.00. The molecule has 0 atom stereocenters. The van der Waals surface area contributed by atoms with Crippen molar-refractivity contribution in [3.8, 4) is 0 Å². The Hall–Kier alpha value is -0.190. The number of rotatable bonds is 39. The standard InChI is InChI=1S/C29H60ClNO11/c1-31-7-9-33-11-13-35-15-17-37-19-21-39-23-25-41-27-29-42-28-26-40-24-22-38-20-18-36-16-14-34-12-10-32-8-5-3-2-4-6-30/h31H,2-29H2,1H3. The van der Waals surface area contributed by atoms with Crippen molar-refractivity contribution in [2.24, 2.45) is 0 Å². The molecule has 0 saturated carbocycles. The van der Waals surface area contributed by atoms with Crippen LogP contribution < -0.4 is 5.32 Å². The molecule has 0 aliphatic carbocycles. The molecule has 0 amide bonds. The fourth-order valence-electron chi connectivity index (χ4n) is 3.13. The van der Waals surface area contributed by atoms with E-state index in [1.165, 1.54) is 12.8 Å². The highest BCUT2D eigenvalue weighted by Gasteiger charge is 1.96. The molecule has 0 aromatic carbocycles. The Kier molecular flexibility index (Phi) is 40.6. The molecule has 0 aromatic rings. The van der Waals surface area contributed by atoms with E-state index >= 15 is 0 Å². The molecule has 0 bridgehead atoms. The summed E-state index contributed by atoms with van der Waals surface area (Å²) in [7, 11) is 1.90. The summed E-state index contributed by atoms with van der Waals surface area (Å²) in [6.45, 7) is 13.2. The number of halogens is 1. The molecule has 0 aliphatic rings. The third-order valence-electron chi connectivity index (χ3n) is 5.39. The van der Waals surface area contributed by atoms with Crippen molar-refractivity contribution in [1.29, 1.82) is 0 Å². The summed E-state index contributed by atoms with van der Waals surface area (Å²) in [5.74, 6) is 0.745. The van der Waals surface area contributed by atoms with Crippen molar-refractivity contribution >= 4 is 11.6 Å². The Balaban J connectivity index is 3.02. The minimum absolute atomic E-state index is 0.521. The van der Waals surface area contributed by atoms with Crippen molar-refractivity contribution < 1.29 is 52.1 Å². The number of unbranched alkanes of at least 4 members (excludes halogenated alkanes) is 3. The molecule has 12 nitrogen and oxygen atoms in total. The third-order valence-corrected chi connectivity index (χ3v) is 5.66. The molecule has 254 valence electrons. The van der Waals surface area contributed by atoms with E-state index in [9.17, 15) is 0 Å². The van der Waals surface area contributed by atoms with Gasteiger partial charge in [0.05, 0.1) is 139 Å². The van der Waals surface area contributed by atoms with Gasteiger partial charge in [-0.3, -0.25) is 0 Å². The van der Waals surface area contributed by atoms with E-state index in [2.05, 4.69) is 5.32 Å². The molecule has 0 heterocycles. The van der Waals surface area contributed by atoms with Crippen LogP contribution in [0.25, 0.3) is 0 Å². The van der Waals surface area contributed by atoms with Gasteiger partial charge in [-0.25, -0.2) is 0 Å². The lowest BCUT2D eigenvalue weighted by atomic mass is 10.2. The van der Waals surface area contributed by atoms with Crippen LogP contribution in [-0.2, 0) is 52.1 Å². The van der Waals surface area contributed by atoms with E-state index in [-0.39, 0.29) is 0 Å². The maximum Gasteiger partial charge on any atom is 0.0701 e. The minimum atomic E-state index is 0.521. The van der Waals surface area contributed by atoms with Gasteiger partial charge in [-0.15, -0.1) is 11.6 Å². The highest BCUT2D eigenvalue weighted by molar-refractivity contribution is 6.17. The topological polar surface area (TPSA) is 114 Å². The van der Waals surface area contributed by atoms with Crippen LogP contribution in [0, 0.1) is 0 Å². The van der Waals surface area contributed by atoms with E-state index in [1.807, 2.05) is 7.05 Å². The summed E-state index contributed by atoms with van der Waals surface area (Å²) in [5.41, 5.74) is 0. The minimum Gasteiger partial charge on any atom is -0.379 e. The average Bonchev–Trinajstić information content (AvgIpc) is 3.00. The summed E-state index contributed by atoms with van der Waals surface area (Å²) in [6, 6.07) is 0. The lowest BCUT2D eigenvalue weighted by Crippen LogP contribution is -2.17. The van der Waals surface area contributed by atoms with E-state index < -0.39 is 0 Å². The van der Waals surface area contributed by atoms with Gasteiger partial charge in [0.2, 0.25) is 0 Å². The van der Waals surface area contributed by atoms with Crippen LogP contribution in [0.3, 0.4) is 0 Å². The van der Waals surface area contributed by atoms with Gasteiger partial charge in [0.15, 0.2) is 0 Å². The molecule has 0 spiro atoms. The quantitative estimate of drug-likeness (QED) is 0.0791. The lowest BCUT2D eigenvalue weighted by Gasteiger charge is -2.09. The maximum absolute atomic E-state index is 5.65. The number of hydrogen-bond acceptors (Lipinski definition) is 12. The summed E-state index contributed by atoms with van der Waals surface area (Å²) in [5, 5.41) is 3.02. The molecule has 0 aliphatic heterocycles. The van der Waals surface area contributed by atoms with Gasteiger partial charge < -0.3 is 57.4 Å². The molecule has 13 heteroatoms. The molecular weight excluding hydrogens is 574 g/mol. The summed E-state index contributed by atoms with van der Waals surface area (Å²) in [6.07, 6.45) is 4.51. The zero-order chi connectivity index (χ0) is 30.3. The lowest BCUT2D eigenvalue weighted by molar-refractivity contribution is -0.0274. The van der Waals surface area contributed by atoms with Gasteiger partial charge in [-0.1, -0.05) is 12.8 Å². The van der Waals surface area contributed by atoms with E-state index in [1.54, 1.807) is 0 Å². The van der Waals surface area contributed by atoms with Crippen LogP contribution in [0.15, 0.2) is 0 Å². The zero-order valence-corrected chi connectivity index (χ0v) is 26.9. The molecule has 0 radical (unpaired) electrons. The summed E-state index contributed by atoms with van der Waals surface area (Å²) < 4.78 is 60.1. The first-order valence-electron chi connectivity index (χ1n) is 15.5. The van der Waals surface area contributed by atoms with Crippen molar-refractivity contribution in [2.75, 3.05) is 165 Å². The summed E-state index contributed by atoms with van der Waals surface area (Å²) in [4.78, 5) is 0. The van der Waals surface area contributed by atoms with Crippen LogP contribution in [0.4, 0.5) is 0 Å². The average molecular weight is 634 g/mol. The number of alkyl halides is 1. The normalized spacial score (nSPS) is 11.6. The van der Waals surface area contributed by atoms with Crippen LogP contribution >= 0.6 is 11.6 Å². The maximum atomic E-state index is 5.65. The van der Waals surface area contributed by atoms with Crippen LogP contribution in [-0.4, -0.2) is 165 Å². The fourth-order valence-corrected chi connectivity index (χ4v) is 3.32. The first kappa shape index (κ1) is 41.8. The number of hydrogen-bond donors (Lipinski definition) is 1. The number of ether oxygens (including phenoxy) is 11. The molecule has 0 unspecified atom stereocenters. The first-order valence-corrected chi connectivity index (χ1v) is 16.0. The van der Waals surface area contributed by atoms with Crippen molar-refractivity contribution in [3.63, 3.8) is 0 Å². The first-order chi connectivity index (χ1) is 20.9. The Morgan fingerprint density at radius 3 is 0.810 bits per heavy atom. The molecule has 0 rings (SSSR count). The van der Waals surface area contributed by atoms with Gasteiger partial charge in [0, 0.05) is 19.0 Å². The SMILES string of the molecule is CNCCOCCOCCOCCOCCOCCOCCOCCOCCOCCOCCOCCCCCCCl. The van der Waals surface area contributed by atoms with Crippen molar-refractivity contribution in [2.45, 2.75) is 25.7 Å². The molecule has 0 fully saturated rings. The molecule has 1 N–H and O–H groups in total. The predicted octanol–water partition coefficient (Wildman–Crippen LogP) is 2.19. The van der Waals surface area contributed by atoms with E-state index in [0.717, 1.165) is 31.9 Å². The molecular formula is C29H60ClNO11. The Morgan fingerprint density at radius 2 is 0.548 bits per heavy atom. The zero-order valence-electron chi connectivity index (χ0n) is 26.2. The van der Waals surface area contributed by atoms with Gasteiger partial charge in [0.1, 0.15) is 0 Å². The second kappa shape index (κ2) is 40.8. The molecule has 0 aromatic heterocycles. The largest absolute Gasteiger partial charge is 0.379 e. The number of likely N-dealkylation sites (N-methyl/N-ethyl adjacent to an activating group) is 1. The third kappa shape index (κ3) is 39.8. The van der Waals surface area contributed by atoms with Crippen LogP contribution in [0.1, 0.15) is 25.7 Å². The van der Waals surface area contributed by atoms with Gasteiger partial charge in [0.25, 0.3) is 0 Å². The van der Waals surface area contributed by atoms with Crippen LogP contribution in [0.2, 0.25) is 0 Å². The second-order valence-electron chi connectivity index (χ2n) is 8.94. The van der Waals surface area contributed by atoms with Gasteiger partial charge in [-0.05, 0) is 19.9 Å². The van der Waals surface area contributed by atoms with Gasteiger partial charge in [-0.2, -0.15) is 0 Å². The Labute approximate surface area is 259 Å². The van der Waals surface area contributed by atoms with Crippen molar-refractivity contribution in [3.05, 3.63) is 0 Å². The van der Waals surface area contributed by atoms with Crippen LogP contribution in [0.5, 0.6) is 0 Å². The Morgan fingerprint density at radius 1 is 0.310 bits per heavy atom. The highest BCUT2D eigenvalue weighted by atomic mass is 35.5. The highest BCUT2D eigenvalue weighted by Crippen LogP contribution is 2.01. The smallest absolute Gasteiger partial charge is 0.0701 e. The molecule has 0 saturated heterocycles. The Bertz CT molecular complexity index is 433. The molecule has 42 heavy (non-hydrogen) atoms. The number of nitrogens with one attached hydrogen (secondary N) is 1. The predicted molar refractivity (Wildman–Crippen MR) is 162 cm³/mol.